The number of Topliss-reactive ketones (excluding diaryl/α,β-unsaturated/α-hetero) is 1. The average molecular weight is 607 g/mol. The van der Waals surface area contributed by atoms with Crippen molar-refractivity contribution in [1.29, 1.82) is 0 Å². The molecule has 1 aliphatic rings. The topological polar surface area (TPSA) is 119 Å². The minimum absolute atomic E-state index is 0.0501. The summed E-state index contributed by atoms with van der Waals surface area (Å²) in [5.41, 5.74) is 2.03. The van der Waals surface area contributed by atoms with E-state index in [1.165, 1.54) is 19.3 Å². The van der Waals surface area contributed by atoms with Crippen LogP contribution in [-0.4, -0.2) is 65.6 Å². The Morgan fingerprint density at radius 3 is 2.45 bits per heavy atom. The molecular weight excluding hydrogens is 556 g/mol. The van der Waals surface area contributed by atoms with E-state index in [9.17, 15) is 24.6 Å². The van der Waals surface area contributed by atoms with Crippen molar-refractivity contribution in [2.75, 3.05) is 25.4 Å². The van der Waals surface area contributed by atoms with Gasteiger partial charge >= 0.3 is 11.9 Å². The molecule has 1 saturated carbocycles. The maximum atomic E-state index is 12.5. The third kappa shape index (κ3) is 14.8. The summed E-state index contributed by atoms with van der Waals surface area (Å²) in [4.78, 5) is 36.2. The van der Waals surface area contributed by atoms with Gasteiger partial charge in [0.1, 0.15) is 5.78 Å². The van der Waals surface area contributed by atoms with Gasteiger partial charge in [0.05, 0.1) is 18.8 Å². The quantitative estimate of drug-likeness (QED) is 0.0757. The van der Waals surface area contributed by atoms with E-state index < -0.39 is 18.2 Å². The van der Waals surface area contributed by atoms with Crippen LogP contribution in [0.15, 0.2) is 36.4 Å². The van der Waals surface area contributed by atoms with Crippen molar-refractivity contribution >= 4 is 29.5 Å². The number of unbranched alkanes of at least 4 members (excludes halogenated alkanes) is 5. The predicted octanol–water partition coefficient (Wildman–Crippen LogP) is 5.56. The van der Waals surface area contributed by atoms with Crippen LogP contribution >= 0.6 is 11.8 Å². The zero-order valence-corrected chi connectivity index (χ0v) is 26.2. The number of hydrogen-bond donors (Lipinski definition) is 2. The second-order valence-electron chi connectivity index (χ2n) is 11.0. The van der Waals surface area contributed by atoms with Gasteiger partial charge in [-0.1, -0.05) is 75.4 Å². The third-order valence-corrected chi connectivity index (χ3v) is 8.55. The molecule has 0 spiro atoms. The van der Waals surface area contributed by atoms with E-state index in [4.69, 9.17) is 14.2 Å². The van der Waals surface area contributed by atoms with Crippen LogP contribution in [-0.2, 0) is 41.6 Å². The van der Waals surface area contributed by atoms with Crippen LogP contribution in [0.3, 0.4) is 0 Å². The largest absolute Gasteiger partial charge is 0.428 e. The van der Waals surface area contributed by atoms with Crippen molar-refractivity contribution in [3.63, 3.8) is 0 Å². The third-order valence-electron chi connectivity index (χ3n) is 7.45. The molecule has 1 aliphatic carbocycles. The van der Waals surface area contributed by atoms with E-state index in [1.807, 2.05) is 24.3 Å². The Balaban J connectivity index is 1.60. The molecule has 2 N–H and O–H groups in total. The van der Waals surface area contributed by atoms with E-state index in [1.54, 1.807) is 31.0 Å². The molecule has 4 atom stereocenters. The fourth-order valence-electron chi connectivity index (χ4n) is 5.16. The zero-order valence-electron chi connectivity index (χ0n) is 25.3. The molecule has 2 rings (SSSR count). The van der Waals surface area contributed by atoms with E-state index in [0.717, 1.165) is 41.9 Å². The summed E-state index contributed by atoms with van der Waals surface area (Å²) in [6, 6.07) is 7.87. The highest BCUT2D eigenvalue weighted by atomic mass is 32.2. The van der Waals surface area contributed by atoms with Gasteiger partial charge in [-0.2, -0.15) is 11.8 Å². The number of aliphatic hydroxyl groups excluding tert-OH is 2. The molecule has 0 saturated heterocycles. The summed E-state index contributed by atoms with van der Waals surface area (Å²) in [5, 5.41) is 21.0. The number of rotatable bonds is 22. The first-order valence-electron chi connectivity index (χ1n) is 15.4. The Morgan fingerprint density at radius 2 is 1.71 bits per heavy atom. The molecule has 0 radical (unpaired) electrons. The maximum absolute atomic E-state index is 12.5. The van der Waals surface area contributed by atoms with Gasteiger partial charge in [0.2, 0.25) is 6.79 Å². The average Bonchev–Trinajstić information content (AvgIpc) is 3.23. The molecule has 236 valence electrons. The molecule has 8 nitrogen and oxygen atoms in total. The van der Waals surface area contributed by atoms with Crippen molar-refractivity contribution < 1.29 is 38.8 Å². The van der Waals surface area contributed by atoms with Crippen molar-refractivity contribution in [3.05, 3.63) is 47.5 Å². The second kappa shape index (κ2) is 21.5. The minimum Gasteiger partial charge on any atom is -0.428 e. The molecule has 0 amide bonds. The molecular formula is C33H50O8S. The van der Waals surface area contributed by atoms with E-state index in [0.29, 0.717) is 32.3 Å². The van der Waals surface area contributed by atoms with Gasteiger partial charge in [0.15, 0.2) is 0 Å². The molecule has 1 aromatic rings. The number of benzene rings is 1. The highest BCUT2D eigenvalue weighted by Gasteiger charge is 2.39. The Kier molecular flexibility index (Phi) is 18.4. The number of methoxy groups -OCH3 is 1. The molecule has 0 heterocycles. The zero-order chi connectivity index (χ0) is 30.6. The number of carbonyl (C=O) groups is 3. The molecule has 0 bridgehead atoms. The first kappa shape index (κ1) is 36.0. The van der Waals surface area contributed by atoms with Crippen LogP contribution in [0, 0.1) is 11.8 Å². The summed E-state index contributed by atoms with van der Waals surface area (Å²) in [7, 11) is 1.64. The monoisotopic (exact) mass is 606 g/mol. The second-order valence-corrected chi connectivity index (χ2v) is 12.2. The van der Waals surface area contributed by atoms with Gasteiger partial charge in [0.25, 0.3) is 0 Å². The number of ketones is 1. The highest BCUT2D eigenvalue weighted by molar-refractivity contribution is 7.99. The maximum Gasteiger partial charge on any atom is 0.308 e. The fraction of sp³-hybridized carbons (Fsp3) is 0.667. The van der Waals surface area contributed by atoms with E-state index in [2.05, 4.69) is 6.92 Å². The van der Waals surface area contributed by atoms with Crippen LogP contribution in [0.4, 0.5) is 0 Å². The van der Waals surface area contributed by atoms with Crippen LogP contribution in [0.5, 0.6) is 0 Å². The smallest absolute Gasteiger partial charge is 0.308 e. The van der Waals surface area contributed by atoms with Gasteiger partial charge < -0.3 is 24.4 Å². The predicted molar refractivity (Wildman–Crippen MR) is 165 cm³/mol. The standard InChI is InChI=1S/C33H50O8S/c1-3-4-5-6-7-8-13-32(37)40-24-41-33(38)14-10-18-42-19-17-29-28(30(35)22-31(29)36)16-15-27(34)21-25-11-9-12-26(20-25)23-39-2/h9,11-12,15-16,20,27-30,34-35H,3-8,10,13-14,17-19,21-24H2,1-2H3/b16-15+/t27-,28-,29-,30-/m1/s1. The number of ether oxygens (including phenoxy) is 3. The summed E-state index contributed by atoms with van der Waals surface area (Å²) >= 11 is 1.65. The Morgan fingerprint density at radius 1 is 1.02 bits per heavy atom. The number of esters is 2. The van der Waals surface area contributed by atoms with Crippen LogP contribution < -0.4 is 0 Å². The molecule has 1 fully saturated rings. The molecule has 42 heavy (non-hydrogen) atoms. The summed E-state index contributed by atoms with van der Waals surface area (Å²) in [5.74, 6) is 0.185. The minimum atomic E-state index is -0.740. The van der Waals surface area contributed by atoms with Crippen molar-refractivity contribution in [2.45, 2.75) is 103 Å². The first-order chi connectivity index (χ1) is 20.3. The van der Waals surface area contributed by atoms with E-state index >= 15 is 0 Å². The molecule has 1 aromatic carbocycles. The van der Waals surface area contributed by atoms with E-state index in [-0.39, 0.29) is 43.2 Å². The normalized spacial score (nSPS) is 19.3. The first-order valence-corrected chi connectivity index (χ1v) is 16.5. The number of hydrogen-bond acceptors (Lipinski definition) is 9. The fourth-order valence-corrected chi connectivity index (χ4v) is 6.13. The van der Waals surface area contributed by atoms with Crippen LogP contribution in [0.1, 0.15) is 88.7 Å². The van der Waals surface area contributed by atoms with Gasteiger partial charge in [0, 0.05) is 44.6 Å². The molecule has 0 aromatic heterocycles. The molecule has 0 unspecified atom stereocenters. The van der Waals surface area contributed by atoms with Gasteiger partial charge in [-0.25, -0.2) is 0 Å². The SMILES string of the molecule is CCCCCCCCC(=O)OCOC(=O)CCCSCC[C@H]1C(=O)C[C@@H](O)[C@@H]1/C=C/[C@@H](O)Cc1cccc(COC)c1. The van der Waals surface area contributed by atoms with Gasteiger partial charge in [-0.3, -0.25) is 14.4 Å². The van der Waals surface area contributed by atoms with Crippen molar-refractivity contribution in [2.24, 2.45) is 11.8 Å². The lowest BCUT2D eigenvalue weighted by molar-refractivity contribution is -0.167. The lowest BCUT2D eigenvalue weighted by Gasteiger charge is -2.18. The lowest BCUT2D eigenvalue weighted by atomic mass is 9.91. The lowest BCUT2D eigenvalue weighted by Crippen LogP contribution is -2.20. The summed E-state index contributed by atoms with van der Waals surface area (Å²) in [6.45, 7) is 2.34. The number of carbonyl (C=O) groups excluding carboxylic acids is 3. The molecule has 9 heteroatoms. The summed E-state index contributed by atoms with van der Waals surface area (Å²) < 4.78 is 15.2. The molecule has 0 aliphatic heterocycles. The van der Waals surface area contributed by atoms with Crippen molar-refractivity contribution in [3.8, 4) is 0 Å². The van der Waals surface area contributed by atoms with Crippen molar-refractivity contribution in [1.82, 2.24) is 0 Å². The highest BCUT2D eigenvalue weighted by Crippen LogP contribution is 2.34. The van der Waals surface area contributed by atoms with Crippen LogP contribution in [0.2, 0.25) is 0 Å². The van der Waals surface area contributed by atoms with Gasteiger partial charge in [-0.05, 0) is 41.9 Å². The number of aliphatic hydroxyl groups is 2. The Hall–Kier alpha value is -2.20. The number of thioether (sulfide) groups is 1. The van der Waals surface area contributed by atoms with Gasteiger partial charge in [-0.15, -0.1) is 0 Å². The summed E-state index contributed by atoms with van der Waals surface area (Å²) in [6.07, 6.45) is 11.0. The Labute approximate surface area is 255 Å². The van der Waals surface area contributed by atoms with Crippen LogP contribution in [0.25, 0.3) is 0 Å². The Bertz CT molecular complexity index is 965.